The highest BCUT2D eigenvalue weighted by molar-refractivity contribution is 5.83. The maximum absolute atomic E-state index is 11.1. The van der Waals surface area contributed by atoms with Crippen molar-refractivity contribution in [2.75, 3.05) is 6.61 Å². The summed E-state index contributed by atoms with van der Waals surface area (Å²) in [6.07, 6.45) is -2.07. The van der Waals surface area contributed by atoms with Gasteiger partial charge < -0.3 is 21.1 Å². The van der Waals surface area contributed by atoms with E-state index in [1.54, 1.807) is 0 Å². The van der Waals surface area contributed by atoms with Gasteiger partial charge in [-0.25, -0.2) is 0 Å². The van der Waals surface area contributed by atoms with E-state index < -0.39 is 30.0 Å². The Bertz CT molecular complexity index is 197. The molecule has 76 valence electrons. The Morgan fingerprint density at radius 2 is 2.08 bits per heavy atom. The Balaban J connectivity index is 2.78. The number of carbonyl (C=O) groups is 1. The van der Waals surface area contributed by atoms with Gasteiger partial charge in [-0.1, -0.05) is 0 Å². The molecule has 13 heavy (non-hydrogen) atoms. The number of carbonyl (C=O) groups excluding carboxylic acids is 1. The van der Waals surface area contributed by atoms with Gasteiger partial charge in [-0.05, 0) is 6.42 Å². The van der Waals surface area contributed by atoms with Gasteiger partial charge in [-0.2, -0.15) is 0 Å². The molecular formula is C8H15NO4. The van der Waals surface area contributed by atoms with Crippen LogP contribution in [0.2, 0.25) is 0 Å². The molecule has 5 nitrogen and oxygen atoms in total. The standard InChI is InChI=1S/C8H15NO4/c9-5-1-2-6(11)8(13)7(12)4(5)3-10/h4-5,7-8,10,12-13H,1-3,9H2/t4-,5+,7-,8+/m0/s1. The summed E-state index contributed by atoms with van der Waals surface area (Å²) in [6.45, 7) is -0.313. The van der Waals surface area contributed by atoms with E-state index in [0.717, 1.165) is 0 Å². The number of hydrogen-bond donors (Lipinski definition) is 4. The highest BCUT2D eigenvalue weighted by Gasteiger charge is 2.37. The molecule has 0 spiro atoms. The summed E-state index contributed by atoms with van der Waals surface area (Å²) in [7, 11) is 0. The molecule has 0 heterocycles. The second-order valence-electron chi connectivity index (χ2n) is 3.45. The number of hydrogen-bond acceptors (Lipinski definition) is 5. The average Bonchev–Trinajstić information content (AvgIpc) is 2.20. The Kier molecular flexibility index (Phi) is 3.38. The predicted molar refractivity (Wildman–Crippen MR) is 44.8 cm³/mol. The molecule has 5 N–H and O–H groups in total. The first-order valence-corrected chi connectivity index (χ1v) is 4.33. The maximum Gasteiger partial charge on any atom is 0.164 e. The quantitative estimate of drug-likeness (QED) is 0.357. The first-order valence-electron chi connectivity index (χ1n) is 4.33. The Hall–Kier alpha value is -0.490. The first kappa shape index (κ1) is 10.6. The number of ketones is 1. The third-order valence-electron chi connectivity index (χ3n) is 2.58. The van der Waals surface area contributed by atoms with E-state index in [1.807, 2.05) is 0 Å². The summed E-state index contributed by atoms with van der Waals surface area (Å²) in [5, 5.41) is 27.6. The molecule has 0 saturated heterocycles. The SMILES string of the molecule is N[C@@H]1CCC(=O)[C@@H](O)[C@@H](O)[C@H]1CO. The molecule has 0 amide bonds. The van der Waals surface area contributed by atoms with Crippen LogP contribution in [0.5, 0.6) is 0 Å². The maximum atomic E-state index is 11.1. The van der Waals surface area contributed by atoms with E-state index in [-0.39, 0.29) is 13.0 Å². The summed E-state index contributed by atoms with van der Waals surface area (Å²) >= 11 is 0. The summed E-state index contributed by atoms with van der Waals surface area (Å²) in [6, 6.07) is -0.430. The number of rotatable bonds is 1. The third-order valence-corrected chi connectivity index (χ3v) is 2.58. The van der Waals surface area contributed by atoms with Crippen molar-refractivity contribution in [2.24, 2.45) is 11.7 Å². The highest BCUT2D eigenvalue weighted by Crippen LogP contribution is 2.20. The predicted octanol–water partition coefficient (Wildman–Crippen LogP) is -1.99. The van der Waals surface area contributed by atoms with Crippen LogP contribution in [0.25, 0.3) is 0 Å². The minimum absolute atomic E-state index is 0.163. The minimum atomic E-state index is -1.40. The van der Waals surface area contributed by atoms with E-state index in [4.69, 9.17) is 10.8 Å². The van der Waals surface area contributed by atoms with Crippen LogP contribution in [0, 0.1) is 5.92 Å². The average molecular weight is 189 g/mol. The molecule has 0 unspecified atom stereocenters. The molecule has 1 aliphatic carbocycles. The van der Waals surface area contributed by atoms with Gasteiger partial charge in [0.15, 0.2) is 5.78 Å². The fourth-order valence-electron chi connectivity index (χ4n) is 1.59. The van der Waals surface area contributed by atoms with Gasteiger partial charge in [0.2, 0.25) is 0 Å². The highest BCUT2D eigenvalue weighted by atomic mass is 16.3. The fourth-order valence-corrected chi connectivity index (χ4v) is 1.59. The van der Waals surface area contributed by atoms with Crippen molar-refractivity contribution < 1.29 is 20.1 Å². The fraction of sp³-hybridized carbons (Fsp3) is 0.875. The van der Waals surface area contributed by atoms with E-state index >= 15 is 0 Å². The molecular weight excluding hydrogens is 174 g/mol. The molecule has 0 bridgehead atoms. The van der Waals surface area contributed by atoms with Crippen molar-refractivity contribution in [2.45, 2.75) is 31.1 Å². The number of aliphatic hydroxyl groups excluding tert-OH is 3. The third kappa shape index (κ3) is 2.05. The van der Waals surface area contributed by atoms with Crippen molar-refractivity contribution in [3.05, 3.63) is 0 Å². The lowest BCUT2D eigenvalue weighted by Crippen LogP contribution is -2.45. The minimum Gasteiger partial charge on any atom is -0.396 e. The van der Waals surface area contributed by atoms with Crippen molar-refractivity contribution in [1.29, 1.82) is 0 Å². The van der Waals surface area contributed by atoms with Crippen LogP contribution in [0.3, 0.4) is 0 Å². The monoisotopic (exact) mass is 189 g/mol. The molecule has 0 aromatic rings. The zero-order chi connectivity index (χ0) is 10.0. The second kappa shape index (κ2) is 4.15. The first-order chi connectivity index (χ1) is 6.07. The molecule has 1 fully saturated rings. The summed E-state index contributed by atoms with van der Waals surface area (Å²) in [5.41, 5.74) is 5.62. The lowest BCUT2D eigenvalue weighted by atomic mass is 9.93. The van der Waals surface area contributed by atoms with E-state index in [1.165, 1.54) is 0 Å². The van der Waals surface area contributed by atoms with Gasteiger partial charge in [-0.3, -0.25) is 4.79 Å². The van der Waals surface area contributed by atoms with Crippen LogP contribution < -0.4 is 5.73 Å². The van der Waals surface area contributed by atoms with E-state index in [0.29, 0.717) is 6.42 Å². The number of nitrogens with two attached hydrogens (primary N) is 1. The second-order valence-corrected chi connectivity index (χ2v) is 3.45. The number of Topliss-reactive ketones (excluding diaryl/α,β-unsaturated/α-hetero) is 1. The zero-order valence-electron chi connectivity index (χ0n) is 7.26. The Morgan fingerprint density at radius 1 is 1.46 bits per heavy atom. The van der Waals surface area contributed by atoms with Crippen LogP contribution >= 0.6 is 0 Å². The van der Waals surface area contributed by atoms with Crippen molar-refractivity contribution in [3.8, 4) is 0 Å². The number of aliphatic hydroxyl groups is 3. The van der Waals surface area contributed by atoms with Gasteiger partial charge >= 0.3 is 0 Å². The van der Waals surface area contributed by atoms with Crippen LogP contribution in [0.15, 0.2) is 0 Å². The molecule has 0 aliphatic heterocycles. The van der Waals surface area contributed by atoms with Gasteiger partial charge in [0.25, 0.3) is 0 Å². The van der Waals surface area contributed by atoms with Crippen molar-refractivity contribution >= 4 is 5.78 Å². The summed E-state index contributed by atoms with van der Waals surface area (Å²) in [4.78, 5) is 11.1. The van der Waals surface area contributed by atoms with Gasteiger partial charge in [-0.15, -0.1) is 0 Å². The molecule has 5 heteroatoms. The topological polar surface area (TPSA) is 104 Å². The molecule has 1 aliphatic rings. The normalized spacial score (nSPS) is 41.7. The van der Waals surface area contributed by atoms with Crippen LogP contribution in [-0.2, 0) is 4.79 Å². The lowest BCUT2D eigenvalue weighted by molar-refractivity contribution is -0.134. The van der Waals surface area contributed by atoms with E-state index in [9.17, 15) is 15.0 Å². The van der Waals surface area contributed by atoms with Gasteiger partial charge in [0.1, 0.15) is 6.10 Å². The van der Waals surface area contributed by atoms with E-state index in [2.05, 4.69) is 0 Å². The molecule has 0 radical (unpaired) electrons. The zero-order valence-corrected chi connectivity index (χ0v) is 7.26. The molecule has 0 aromatic carbocycles. The van der Waals surface area contributed by atoms with Gasteiger partial charge in [0, 0.05) is 25.0 Å². The molecule has 1 saturated carbocycles. The molecule has 1 rings (SSSR count). The molecule has 4 atom stereocenters. The van der Waals surface area contributed by atoms with Gasteiger partial charge in [0.05, 0.1) is 6.10 Å². The van der Waals surface area contributed by atoms with Crippen LogP contribution in [0.4, 0.5) is 0 Å². The molecule has 0 aromatic heterocycles. The Morgan fingerprint density at radius 3 is 2.62 bits per heavy atom. The van der Waals surface area contributed by atoms with Crippen molar-refractivity contribution in [3.63, 3.8) is 0 Å². The summed E-state index contributed by atoms with van der Waals surface area (Å²) < 4.78 is 0. The smallest absolute Gasteiger partial charge is 0.164 e. The summed E-state index contributed by atoms with van der Waals surface area (Å²) in [5.74, 6) is -1.01. The largest absolute Gasteiger partial charge is 0.396 e. The van der Waals surface area contributed by atoms with Crippen LogP contribution in [0.1, 0.15) is 12.8 Å². The van der Waals surface area contributed by atoms with Crippen molar-refractivity contribution in [1.82, 2.24) is 0 Å². The van der Waals surface area contributed by atoms with Crippen LogP contribution in [-0.4, -0.2) is 46.0 Å². The Labute approximate surface area is 76.2 Å². The lowest BCUT2D eigenvalue weighted by Gasteiger charge is -2.25.